The topological polar surface area (TPSA) is 45.7 Å². The Morgan fingerprint density at radius 1 is 1.19 bits per heavy atom. The number of piperazine rings is 1. The maximum absolute atomic E-state index is 12.8. The van der Waals surface area contributed by atoms with Crippen molar-refractivity contribution in [3.05, 3.63) is 57.3 Å². The molecule has 26 heavy (non-hydrogen) atoms. The summed E-state index contributed by atoms with van der Waals surface area (Å²) in [6.45, 7) is 8.11. The highest BCUT2D eigenvalue weighted by Gasteiger charge is 2.24. The number of methoxy groups -OCH3 is 1. The molecule has 1 amide bonds. The van der Waals surface area contributed by atoms with Crippen molar-refractivity contribution in [2.24, 2.45) is 0 Å². The first-order valence-electron chi connectivity index (χ1n) is 8.75. The van der Waals surface area contributed by atoms with Gasteiger partial charge in [-0.3, -0.25) is 14.7 Å². The predicted octanol–water partition coefficient (Wildman–Crippen LogP) is 3.43. The lowest BCUT2D eigenvalue weighted by atomic mass is 10.1. The van der Waals surface area contributed by atoms with Gasteiger partial charge in [-0.05, 0) is 43.2 Å². The fraction of sp³-hybridized carbons (Fsp3) is 0.400. The van der Waals surface area contributed by atoms with E-state index in [4.69, 9.17) is 4.74 Å². The van der Waals surface area contributed by atoms with E-state index in [1.54, 1.807) is 7.11 Å². The van der Waals surface area contributed by atoms with Crippen molar-refractivity contribution >= 4 is 21.8 Å². The Labute approximate surface area is 163 Å². The van der Waals surface area contributed by atoms with E-state index >= 15 is 0 Å². The predicted molar refractivity (Wildman–Crippen MR) is 106 cm³/mol. The largest absolute Gasteiger partial charge is 0.496 e. The van der Waals surface area contributed by atoms with E-state index < -0.39 is 0 Å². The van der Waals surface area contributed by atoms with Gasteiger partial charge < -0.3 is 9.64 Å². The third-order valence-corrected chi connectivity index (χ3v) is 5.24. The Morgan fingerprint density at radius 2 is 1.92 bits per heavy atom. The maximum Gasteiger partial charge on any atom is 0.257 e. The molecule has 1 saturated heterocycles. The van der Waals surface area contributed by atoms with Crippen LogP contribution in [0.15, 0.2) is 34.9 Å². The first kappa shape index (κ1) is 18.9. The van der Waals surface area contributed by atoms with Crippen molar-refractivity contribution in [3.8, 4) is 5.75 Å². The highest BCUT2D eigenvalue weighted by molar-refractivity contribution is 9.10. The van der Waals surface area contributed by atoms with Gasteiger partial charge in [0.25, 0.3) is 5.91 Å². The Hall–Kier alpha value is -1.92. The van der Waals surface area contributed by atoms with Gasteiger partial charge in [-0.1, -0.05) is 22.0 Å². The molecule has 1 fully saturated rings. The van der Waals surface area contributed by atoms with Gasteiger partial charge in [0.15, 0.2) is 0 Å². The van der Waals surface area contributed by atoms with E-state index in [9.17, 15) is 4.79 Å². The molecule has 0 spiro atoms. The Bertz CT molecular complexity index is 802. The molecule has 0 unspecified atom stereocenters. The van der Waals surface area contributed by atoms with Crippen molar-refractivity contribution in [1.29, 1.82) is 0 Å². The number of benzene rings is 1. The molecule has 0 saturated carbocycles. The number of hydrogen-bond donors (Lipinski definition) is 0. The molecule has 1 aliphatic rings. The van der Waals surface area contributed by atoms with Gasteiger partial charge in [0.2, 0.25) is 0 Å². The first-order chi connectivity index (χ1) is 12.5. The molecule has 0 N–H and O–H groups in total. The minimum absolute atomic E-state index is 0.0265. The number of rotatable bonds is 4. The third kappa shape index (κ3) is 4.24. The average Bonchev–Trinajstić information content (AvgIpc) is 2.64. The van der Waals surface area contributed by atoms with Gasteiger partial charge in [0.1, 0.15) is 5.75 Å². The van der Waals surface area contributed by atoms with Crippen LogP contribution >= 0.6 is 15.9 Å². The number of nitrogens with zero attached hydrogens (tertiary/aromatic N) is 3. The second-order valence-corrected chi connectivity index (χ2v) is 7.60. The van der Waals surface area contributed by atoms with Crippen LogP contribution in [0.25, 0.3) is 0 Å². The SMILES string of the molecule is COc1cc(Br)ccc1C(=O)N1CCN(Cc2ncc(C)cc2C)CC1. The normalized spacial score (nSPS) is 15.2. The molecule has 2 heterocycles. The van der Waals surface area contributed by atoms with Gasteiger partial charge in [-0.25, -0.2) is 0 Å². The summed E-state index contributed by atoms with van der Waals surface area (Å²) in [6, 6.07) is 7.69. The number of halogens is 1. The number of hydrogen-bond acceptors (Lipinski definition) is 4. The van der Waals surface area contributed by atoms with Crippen LogP contribution in [0.5, 0.6) is 5.75 Å². The van der Waals surface area contributed by atoms with E-state index in [1.807, 2.05) is 29.3 Å². The fourth-order valence-electron chi connectivity index (χ4n) is 3.24. The number of amides is 1. The molecule has 1 aromatic heterocycles. The number of ether oxygens (including phenoxy) is 1. The van der Waals surface area contributed by atoms with E-state index in [0.29, 0.717) is 24.4 Å². The van der Waals surface area contributed by atoms with Crippen LogP contribution in [0.4, 0.5) is 0 Å². The lowest BCUT2D eigenvalue weighted by molar-refractivity contribution is 0.0623. The van der Waals surface area contributed by atoms with Crippen molar-refractivity contribution < 1.29 is 9.53 Å². The van der Waals surface area contributed by atoms with Crippen LogP contribution in [0.2, 0.25) is 0 Å². The number of aryl methyl sites for hydroxylation is 2. The molecule has 1 aromatic carbocycles. The smallest absolute Gasteiger partial charge is 0.257 e. The lowest BCUT2D eigenvalue weighted by Crippen LogP contribution is -2.48. The van der Waals surface area contributed by atoms with Crippen molar-refractivity contribution in [2.75, 3.05) is 33.3 Å². The Balaban J connectivity index is 1.62. The molecule has 2 aromatic rings. The van der Waals surface area contributed by atoms with E-state index in [1.165, 1.54) is 11.1 Å². The minimum Gasteiger partial charge on any atom is -0.496 e. The van der Waals surface area contributed by atoms with Crippen molar-refractivity contribution in [3.63, 3.8) is 0 Å². The van der Waals surface area contributed by atoms with Crippen LogP contribution in [0, 0.1) is 13.8 Å². The zero-order valence-electron chi connectivity index (χ0n) is 15.5. The molecule has 0 bridgehead atoms. The molecule has 6 heteroatoms. The Morgan fingerprint density at radius 3 is 2.58 bits per heavy atom. The minimum atomic E-state index is 0.0265. The first-order valence-corrected chi connectivity index (χ1v) is 9.54. The monoisotopic (exact) mass is 417 g/mol. The zero-order chi connectivity index (χ0) is 18.7. The van der Waals surface area contributed by atoms with Crippen LogP contribution in [0.3, 0.4) is 0 Å². The zero-order valence-corrected chi connectivity index (χ0v) is 17.0. The Kier molecular flexibility index (Phi) is 5.94. The fourth-order valence-corrected chi connectivity index (χ4v) is 3.58. The van der Waals surface area contributed by atoms with Gasteiger partial charge in [0.05, 0.1) is 18.4 Å². The summed E-state index contributed by atoms with van der Waals surface area (Å²) < 4.78 is 6.26. The number of aromatic nitrogens is 1. The summed E-state index contributed by atoms with van der Waals surface area (Å²) in [4.78, 5) is 21.7. The van der Waals surface area contributed by atoms with Crippen LogP contribution in [0.1, 0.15) is 27.2 Å². The highest BCUT2D eigenvalue weighted by Crippen LogP contribution is 2.25. The molecule has 3 rings (SSSR count). The van der Waals surface area contributed by atoms with Crippen LogP contribution in [-0.4, -0.2) is 54.0 Å². The number of carbonyl (C=O) groups is 1. The average molecular weight is 418 g/mol. The molecule has 5 nitrogen and oxygen atoms in total. The summed E-state index contributed by atoms with van der Waals surface area (Å²) in [6.07, 6.45) is 1.92. The molecular formula is C20H24BrN3O2. The quantitative estimate of drug-likeness (QED) is 0.764. The third-order valence-electron chi connectivity index (χ3n) is 4.75. The molecule has 0 aliphatic carbocycles. The van der Waals surface area contributed by atoms with Crippen molar-refractivity contribution in [1.82, 2.24) is 14.8 Å². The standard InChI is InChI=1S/C20H24BrN3O2/c1-14-10-15(2)18(22-12-14)13-23-6-8-24(9-7-23)20(25)17-5-4-16(21)11-19(17)26-3/h4-5,10-12H,6-9,13H2,1-3H3. The van der Waals surface area contributed by atoms with Gasteiger partial charge in [-0.2, -0.15) is 0 Å². The number of pyridine rings is 1. The summed E-state index contributed by atoms with van der Waals surface area (Å²) in [5, 5.41) is 0. The second kappa shape index (κ2) is 8.18. The van der Waals surface area contributed by atoms with Gasteiger partial charge in [0, 0.05) is 43.4 Å². The molecule has 0 radical (unpaired) electrons. The molecule has 1 aliphatic heterocycles. The molecular weight excluding hydrogens is 394 g/mol. The second-order valence-electron chi connectivity index (χ2n) is 6.69. The van der Waals surface area contributed by atoms with Gasteiger partial charge >= 0.3 is 0 Å². The van der Waals surface area contributed by atoms with Gasteiger partial charge in [-0.15, -0.1) is 0 Å². The lowest BCUT2D eigenvalue weighted by Gasteiger charge is -2.35. The maximum atomic E-state index is 12.8. The van der Waals surface area contributed by atoms with E-state index in [-0.39, 0.29) is 5.91 Å². The molecule has 138 valence electrons. The summed E-state index contributed by atoms with van der Waals surface area (Å²) in [5.74, 6) is 0.630. The van der Waals surface area contributed by atoms with E-state index in [0.717, 1.165) is 29.8 Å². The highest BCUT2D eigenvalue weighted by atomic mass is 79.9. The number of carbonyl (C=O) groups excluding carboxylic acids is 1. The van der Waals surface area contributed by atoms with Crippen LogP contribution in [-0.2, 0) is 6.54 Å². The summed E-state index contributed by atoms with van der Waals surface area (Å²) in [7, 11) is 1.59. The van der Waals surface area contributed by atoms with Crippen LogP contribution < -0.4 is 4.74 Å². The molecule has 0 atom stereocenters. The van der Waals surface area contributed by atoms with E-state index in [2.05, 4.69) is 45.7 Å². The summed E-state index contributed by atoms with van der Waals surface area (Å²) >= 11 is 3.41. The summed E-state index contributed by atoms with van der Waals surface area (Å²) in [5.41, 5.74) is 4.14. The van der Waals surface area contributed by atoms with Crippen molar-refractivity contribution in [2.45, 2.75) is 20.4 Å².